The zero-order valence-electron chi connectivity index (χ0n) is 16.6. The molecule has 0 aliphatic rings. The smallest absolute Gasteiger partial charge is 0.290 e. The molecule has 29 heavy (non-hydrogen) atoms. The second kappa shape index (κ2) is 11.9. The van der Waals surface area contributed by atoms with Crippen molar-refractivity contribution in [2.24, 2.45) is 7.05 Å². The molecule has 3 aromatic heterocycles. The number of nitrogens with one attached hydrogen (secondary N) is 1. The van der Waals surface area contributed by atoms with Crippen LogP contribution in [0.3, 0.4) is 0 Å². The van der Waals surface area contributed by atoms with Gasteiger partial charge < -0.3 is 25.8 Å². The summed E-state index contributed by atoms with van der Waals surface area (Å²) in [6, 6.07) is 0. The van der Waals surface area contributed by atoms with E-state index in [2.05, 4.69) is 43.8 Å². The van der Waals surface area contributed by atoms with Crippen molar-refractivity contribution in [1.82, 2.24) is 29.3 Å². The summed E-state index contributed by atoms with van der Waals surface area (Å²) in [5.41, 5.74) is 6.68. The van der Waals surface area contributed by atoms with Crippen molar-refractivity contribution in [3.05, 3.63) is 24.4 Å². The fraction of sp³-hybridized carbons (Fsp3) is 0.412. The van der Waals surface area contributed by atoms with E-state index in [1.54, 1.807) is 10.9 Å². The van der Waals surface area contributed by atoms with Crippen molar-refractivity contribution in [2.75, 3.05) is 17.6 Å². The van der Waals surface area contributed by atoms with Crippen LogP contribution in [0.15, 0.2) is 18.6 Å². The normalized spacial score (nSPS) is 9.93. The predicted octanol–water partition coefficient (Wildman–Crippen LogP) is 1.17. The highest BCUT2D eigenvalue weighted by Crippen LogP contribution is 2.18. The fourth-order valence-corrected chi connectivity index (χ4v) is 2.58. The Morgan fingerprint density at radius 1 is 1.24 bits per heavy atom. The molecular formula is C17H26N8O4. The van der Waals surface area contributed by atoms with Gasteiger partial charge in [-0.05, 0) is 6.42 Å². The molecule has 0 fully saturated rings. The molecule has 3 aromatic rings. The first-order chi connectivity index (χ1) is 13.9. The van der Waals surface area contributed by atoms with Gasteiger partial charge in [0.25, 0.3) is 12.9 Å². The Balaban J connectivity index is 0.000000626. The van der Waals surface area contributed by atoms with E-state index < -0.39 is 0 Å². The zero-order chi connectivity index (χ0) is 21.8. The van der Waals surface area contributed by atoms with Crippen LogP contribution < -0.4 is 11.1 Å². The maximum atomic E-state index is 8.36. The van der Waals surface area contributed by atoms with Crippen LogP contribution in [-0.4, -0.2) is 59.0 Å². The molecule has 0 atom stereocenters. The van der Waals surface area contributed by atoms with Gasteiger partial charge in [-0.2, -0.15) is 15.1 Å². The predicted molar refractivity (Wildman–Crippen MR) is 108 cm³/mol. The molecule has 12 heteroatoms. The number of anilines is 2. The summed E-state index contributed by atoms with van der Waals surface area (Å²) in [5, 5.41) is 21.9. The first-order valence-corrected chi connectivity index (χ1v) is 8.75. The third kappa shape index (κ3) is 6.75. The molecule has 0 bridgehead atoms. The van der Waals surface area contributed by atoms with Gasteiger partial charge in [-0.25, -0.2) is 4.98 Å². The lowest BCUT2D eigenvalue weighted by molar-refractivity contribution is -0.123. The lowest BCUT2D eigenvalue weighted by atomic mass is 10.2. The van der Waals surface area contributed by atoms with Crippen molar-refractivity contribution in [3.8, 4) is 0 Å². The van der Waals surface area contributed by atoms with Gasteiger partial charge in [0.1, 0.15) is 11.6 Å². The van der Waals surface area contributed by atoms with Gasteiger partial charge in [0.15, 0.2) is 5.65 Å². The number of fused-ring (bicyclic) bond motifs is 1. The SMILES string of the molecule is CC(C)c1nccn1CCCNc1nc(N)c2cnn(C)c2n1.O=CO.O=CO. The van der Waals surface area contributed by atoms with Crippen LogP contribution in [0.1, 0.15) is 32.0 Å². The summed E-state index contributed by atoms with van der Waals surface area (Å²) in [5.74, 6) is 2.52. The number of nitrogen functional groups attached to an aromatic ring is 1. The highest BCUT2D eigenvalue weighted by molar-refractivity contribution is 5.86. The maximum absolute atomic E-state index is 8.36. The van der Waals surface area contributed by atoms with E-state index >= 15 is 0 Å². The molecule has 0 spiro atoms. The number of hydrogen-bond acceptors (Lipinski definition) is 8. The summed E-state index contributed by atoms with van der Waals surface area (Å²) < 4.78 is 3.88. The van der Waals surface area contributed by atoms with E-state index in [4.69, 9.17) is 25.5 Å². The van der Waals surface area contributed by atoms with Gasteiger partial charge >= 0.3 is 0 Å². The van der Waals surface area contributed by atoms with Crippen molar-refractivity contribution in [2.45, 2.75) is 32.7 Å². The first kappa shape index (κ1) is 23.3. The van der Waals surface area contributed by atoms with Crippen LogP contribution >= 0.6 is 0 Å². The molecule has 3 heterocycles. The van der Waals surface area contributed by atoms with E-state index in [1.807, 2.05) is 19.4 Å². The Morgan fingerprint density at radius 3 is 2.52 bits per heavy atom. The second-order valence-corrected chi connectivity index (χ2v) is 6.06. The second-order valence-electron chi connectivity index (χ2n) is 6.06. The molecule has 0 unspecified atom stereocenters. The van der Waals surface area contributed by atoms with E-state index in [0.29, 0.717) is 17.7 Å². The van der Waals surface area contributed by atoms with E-state index in [0.717, 1.165) is 36.4 Å². The molecule has 0 saturated heterocycles. The van der Waals surface area contributed by atoms with E-state index in [1.165, 1.54) is 0 Å². The number of carboxylic acid groups (broad SMARTS) is 2. The summed E-state index contributed by atoms with van der Waals surface area (Å²) in [4.78, 5) is 29.8. The third-order valence-corrected chi connectivity index (χ3v) is 3.74. The van der Waals surface area contributed by atoms with Crippen molar-refractivity contribution in [1.29, 1.82) is 0 Å². The molecule has 0 radical (unpaired) electrons. The van der Waals surface area contributed by atoms with Gasteiger partial charge in [-0.3, -0.25) is 14.3 Å². The van der Waals surface area contributed by atoms with Gasteiger partial charge in [0.05, 0.1) is 11.6 Å². The van der Waals surface area contributed by atoms with Gasteiger partial charge in [-0.1, -0.05) is 13.8 Å². The summed E-state index contributed by atoms with van der Waals surface area (Å²) in [6.45, 7) is 5.47. The quantitative estimate of drug-likeness (QED) is 0.343. The van der Waals surface area contributed by atoms with Crippen LogP contribution in [0.25, 0.3) is 11.0 Å². The van der Waals surface area contributed by atoms with E-state index in [9.17, 15) is 0 Å². The molecule has 0 aliphatic carbocycles. The Bertz CT molecular complexity index is 900. The number of carbonyl (C=O) groups is 2. The van der Waals surface area contributed by atoms with Crippen LogP contribution in [0.2, 0.25) is 0 Å². The Hall–Kier alpha value is -3.70. The number of imidazole rings is 1. The molecule has 5 N–H and O–H groups in total. The first-order valence-electron chi connectivity index (χ1n) is 8.75. The minimum Gasteiger partial charge on any atom is -0.483 e. The average Bonchev–Trinajstić information content (AvgIpc) is 3.28. The summed E-state index contributed by atoms with van der Waals surface area (Å²) >= 11 is 0. The van der Waals surface area contributed by atoms with Gasteiger partial charge in [-0.15, -0.1) is 0 Å². The largest absolute Gasteiger partial charge is 0.483 e. The van der Waals surface area contributed by atoms with Crippen molar-refractivity contribution in [3.63, 3.8) is 0 Å². The number of nitrogens with two attached hydrogens (primary N) is 1. The van der Waals surface area contributed by atoms with Gasteiger partial charge in [0, 0.05) is 38.4 Å². The Kier molecular flexibility index (Phi) is 9.57. The highest BCUT2D eigenvalue weighted by Gasteiger charge is 2.09. The standard InChI is InChI=1S/C15H22N8.2CH2O2/c1-10(2)13-17-6-8-23(13)7-4-5-18-15-20-12(16)11-9-19-22(3)14(11)21-15;2*2-1-3/h6,8-10H,4-5,7H2,1-3H3,(H3,16,18,20,21);2*1H,(H,2,3). The lowest BCUT2D eigenvalue weighted by Gasteiger charge is -2.11. The van der Waals surface area contributed by atoms with E-state index in [-0.39, 0.29) is 12.9 Å². The minimum atomic E-state index is -0.250. The maximum Gasteiger partial charge on any atom is 0.290 e. The van der Waals surface area contributed by atoms with Crippen LogP contribution in [0, 0.1) is 0 Å². The minimum absolute atomic E-state index is 0.250. The lowest BCUT2D eigenvalue weighted by Crippen LogP contribution is -2.11. The Morgan fingerprint density at radius 2 is 1.90 bits per heavy atom. The molecule has 3 rings (SSSR count). The van der Waals surface area contributed by atoms with Crippen LogP contribution in [0.5, 0.6) is 0 Å². The number of nitrogens with zero attached hydrogens (tertiary/aromatic N) is 6. The van der Waals surface area contributed by atoms with Crippen LogP contribution in [0.4, 0.5) is 11.8 Å². The molecule has 0 aromatic carbocycles. The molecule has 0 aliphatic heterocycles. The Labute approximate surface area is 167 Å². The van der Waals surface area contributed by atoms with Crippen LogP contribution in [-0.2, 0) is 23.2 Å². The number of hydrogen-bond donors (Lipinski definition) is 4. The summed E-state index contributed by atoms with van der Waals surface area (Å²) in [6.07, 6.45) is 6.50. The summed E-state index contributed by atoms with van der Waals surface area (Å²) in [7, 11) is 1.84. The molecule has 0 saturated carbocycles. The van der Waals surface area contributed by atoms with Gasteiger partial charge in [0.2, 0.25) is 5.95 Å². The molecule has 0 amide bonds. The monoisotopic (exact) mass is 406 g/mol. The van der Waals surface area contributed by atoms with Crippen molar-refractivity contribution < 1.29 is 19.8 Å². The fourth-order valence-electron chi connectivity index (χ4n) is 2.58. The molecule has 12 nitrogen and oxygen atoms in total. The highest BCUT2D eigenvalue weighted by atomic mass is 16.3. The van der Waals surface area contributed by atoms with Crippen molar-refractivity contribution >= 4 is 35.7 Å². The topological polar surface area (TPSA) is 174 Å². The zero-order valence-corrected chi connectivity index (χ0v) is 16.6. The number of aryl methyl sites for hydroxylation is 2. The number of rotatable bonds is 6. The third-order valence-electron chi connectivity index (χ3n) is 3.74. The molecular weight excluding hydrogens is 380 g/mol. The number of aromatic nitrogens is 6. The average molecular weight is 406 g/mol. The molecule has 158 valence electrons.